The molecule has 0 N–H and O–H groups in total. The molecule has 0 atom stereocenters. The van der Waals surface area contributed by atoms with Gasteiger partial charge in [0.25, 0.3) is 0 Å². The zero-order valence-electron chi connectivity index (χ0n) is 61.7. The van der Waals surface area contributed by atoms with Crippen molar-refractivity contribution in [3.8, 4) is 45.9 Å². The minimum Gasteiger partial charge on any atom is -0.489 e. The number of halogens is 5. The molecule has 0 aromatic heterocycles. The van der Waals surface area contributed by atoms with E-state index in [1.807, 2.05) is 206 Å². The van der Waals surface area contributed by atoms with Gasteiger partial charge in [-0.05, 0) is 103 Å². The number of benzene rings is 9. The van der Waals surface area contributed by atoms with Crippen LogP contribution in [-0.4, -0.2) is 57.3 Å². The van der Waals surface area contributed by atoms with Crippen molar-refractivity contribution in [3.05, 3.63) is 397 Å². The molecule has 0 aliphatic heterocycles. The molecule has 9 aromatic rings. The van der Waals surface area contributed by atoms with Gasteiger partial charge in [0.05, 0.1) is 26.4 Å². The minimum absolute atomic E-state index is 0.202. The van der Waals surface area contributed by atoms with Crippen LogP contribution in [0.25, 0.3) is 46.6 Å². The molecule has 0 heterocycles. The second-order valence-electron chi connectivity index (χ2n) is 20.7. The maximum atomic E-state index is 11.2. The highest BCUT2D eigenvalue weighted by Crippen LogP contribution is 2.31. The van der Waals surface area contributed by atoms with E-state index in [0.29, 0.717) is 55.8 Å². The molecule has 0 bridgehead atoms. The number of carbonyl (C=O) groups excluding carboxylic acids is 5. The molecule has 109 heavy (non-hydrogen) atoms. The summed E-state index contributed by atoms with van der Waals surface area (Å²) in [5.74, 6) is -0.658. The van der Waals surface area contributed by atoms with Crippen molar-refractivity contribution < 1.29 is 52.4 Å². The van der Waals surface area contributed by atoms with Gasteiger partial charge < -0.3 is 28.4 Å². The highest BCUT2D eigenvalue weighted by molar-refractivity contribution is 6.37. The Kier molecular flexibility index (Phi) is 57.1. The molecule has 0 saturated heterocycles. The monoisotopic (exact) mass is 1560 g/mol. The third-order valence-electron chi connectivity index (χ3n) is 12.3. The zero-order chi connectivity index (χ0) is 82.2. The van der Waals surface area contributed by atoms with Crippen molar-refractivity contribution in [2.75, 3.05) is 27.4 Å². The molecule has 0 unspecified atom stereocenters. The van der Waals surface area contributed by atoms with E-state index in [-0.39, 0.29) is 18.5 Å². The lowest BCUT2D eigenvalue weighted by atomic mass is 10.1. The number of nitrogens with zero attached hydrogens (tertiary/aromatic N) is 2. The van der Waals surface area contributed by atoms with Crippen LogP contribution >= 0.6 is 58.0 Å². The Labute approximate surface area is 668 Å². The van der Waals surface area contributed by atoms with E-state index in [9.17, 15) is 24.0 Å². The highest BCUT2D eigenvalue weighted by atomic mass is 35.5. The van der Waals surface area contributed by atoms with Gasteiger partial charge in [-0.1, -0.05) is 337 Å². The van der Waals surface area contributed by atoms with E-state index < -0.39 is 17.9 Å². The summed E-state index contributed by atoms with van der Waals surface area (Å²) in [6, 6.07) is 76.3. The molecule has 9 rings (SSSR count). The van der Waals surface area contributed by atoms with Crippen LogP contribution in [0.4, 0.5) is 0 Å². The van der Waals surface area contributed by atoms with Crippen molar-refractivity contribution in [3.63, 3.8) is 0 Å². The van der Waals surface area contributed by atoms with Gasteiger partial charge in [0.2, 0.25) is 0 Å². The first-order chi connectivity index (χ1) is 52.2. The summed E-state index contributed by atoms with van der Waals surface area (Å²) in [5.41, 5.74) is 10.4. The average molecular weight is 1560 g/mol. The zero-order valence-corrected chi connectivity index (χ0v) is 65.5. The number of para-hydroxylation sites is 2. The summed E-state index contributed by atoms with van der Waals surface area (Å²) in [6.45, 7) is 43.3. The van der Waals surface area contributed by atoms with Crippen molar-refractivity contribution in [1.29, 1.82) is 10.5 Å². The molecule has 564 valence electrons. The summed E-state index contributed by atoms with van der Waals surface area (Å²) in [7, 11) is 2.64. The van der Waals surface area contributed by atoms with Crippen LogP contribution < -0.4 is 9.47 Å². The second kappa shape index (κ2) is 63.0. The highest BCUT2D eigenvalue weighted by Gasteiger charge is 2.09. The Hall–Kier alpha value is -12.3. The molecule has 0 amide bonds. The van der Waals surface area contributed by atoms with E-state index in [1.165, 1.54) is 25.9 Å². The molecule has 13 nitrogen and oxygen atoms in total. The van der Waals surface area contributed by atoms with Crippen LogP contribution in [0.2, 0.25) is 25.1 Å². The van der Waals surface area contributed by atoms with Gasteiger partial charge in [-0.2, -0.15) is 10.5 Å². The summed E-state index contributed by atoms with van der Waals surface area (Å²) >= 11 is 28.6. The first-order valence-electron chi connectivity index (χ1n) is 32.4. The fourth-order valence-corrected chi connectivity index (χ4v) is 8.19. The maximum absolute atomic E-state index is 11.2. The number of rotatable bonds is 18. The second-order valence-corrected chi connectivity index (χ2v) is 22.8. The van der Waals surface area contributed by atoms with E-state index in [4.69, 9.17) is 87.5 Å². The predicted octanol–water partition coefficient (Wildman–Crippen LogP) is 24.7. The van der Waals surface area contributed by atoms with Crippen LogP contribution in [0, 0.1) is 22.7 Å². The number of allylic oxidation sites excluding steroid dienone is 2. The lowest BCUT2D eigenvalue weighted by Gasteiger charge is -2.11. The van der Waals surface area contributed by atoms with Gasteiger partial charge in [0.1, 0.15) is 31.3 Å². The van der Waals surface area contributed by atoms with Crippen LogP contribution in [-0.2, 0) is 49.5 Å². The first-order valence-corrected chi connectivity index (χ1v) is 34.3. The Bertz CT molecular complexity index is 4400. The van der Waals surface area contributed by atoms with Gasteiger partial charge in [-0.3, -0.25) is 0 Å². The number of methoxy groups -OCH3 is 2. The number of hydrogen-bond acceptors (Lipinski definition) is 13. The molecule has 0 spiro atoms. The van der Waals surface area contributed by atoms with Crippen LogP contribution in [0.3, 0.4) is 0 Å². The van der Waals surface area contributed by atoms with E-state index in [1.54, 1.807) is 81.5 Å². The summed E-state index contributed by atoms with van der Waals surface area (Å²) in [4.78, 5) is 53.2. The van der Waals surface area contributed by atoms with Crippen molar-refractivity contribution >= 4 is 112 Å². The molecule has 0 radical (unpaired) electrons. The van der Waals surface area contributed by atoms with Crippen LogP contribution in [0.5, 0.6) is 11.5 Å². The minimum atomic E-state index is -0.451. The smallest absolute Gasteiger partial charge is 0.335 e. The van der Waals surface area contributed by atoms with Crippen molar-refractivity contribution in [2.45, 2.75) is 27.4 Å². The third kappa shape index (κ3) is 48.4. The van der Waals surface area contributed by atoms with Gasteiger partial charge in [0, 0.05) is 82.8 Å². The fourth-order valence-electron chi connectivity index (χ4n) is 7.03. The molecular weight excluding hydrogens is 1470 g/mol. The van der Waals surface area contributed by atoms with E-state index in [2.05, 4.69) is 81.8 Å². The SMILES string of the molecule is C=C(C)C#N.C=C(C)C(=O)OC.C=C(C)C(=O)OCc1ccccc1.C=CC#N.C=CC(=O)OC.C=CC(=O)OCCOc1ccccc1-c1ccccc1.C=CC(=O)Oc1ccccc1-c1ccccc1.C=Cc1c(Cl)cccc1Cl.C=Cc1ccc(Cl)cc1.C=Cc1ccc(Cl)cc1Cl.C=Cc1ccccc1. The number of hydrogen-bond donors (Lipinski definition) is 0. The molecule has 9 aromatic carbocycles. The Morgan fingerprint density at radius 2 is 0.844 bits per heavy atom. The summed E-state index contributed by atoms with van der Waals surface area (Å²) in [5, 5.41) is 18.6. The largest absolute Gasteiger partial charge is 0.489 e. The van der Waals surface area contributed by atoms with Gasteiger partial charge in [0.15, 0.2) is 0 Å². The number of esters is 5. The predicted molar refractivity (Wildman–Crippen MR) is 454 cm³/mol. The Morgan fingerprint density at radius 1 is 0.422 bits per heavy atom. The van der Waals surface area contributed by atoms with Gasteiger partial charge in [-0.15, -0.1) is 0 Å². The average Bonchev–Trinajstić information content (AvgIpc) is 0.851. The maximum Gasteiger partial charge on any atom is 0.335 e. The summed E-state index contributed by atoms with van der Waals surface area (Å²) in [6.07, 6.45) is 11.5. The number of nitriles is 2. The topological polar surface area (TPSA) is 188 Å². The standard InChI is InChI=1S/C17H16O3.C15H12O2.C11H12O2.2C8H6Cl2.C8H7Cl.C8H8.C5H8O2.C4H5N.C4H6O2.C3H3N/c1-2-17(18)20-13-12-19-16-11-7-6-10-15(16)14-8-4-3-5-9-14;1-2-15(16)17-14-11-7-6-10-13(14)12-8-4-3-5-9-12;1-9(2)11(12)13-8-10-6-4-3-5-7-10;1-2-6-3-4-7(9)5-8(6)10;1-2-6-7(9)4-3-5-8(6)10;1-2-7-3-5-8(9)6-4-7;1-2-8-6-4-3-5-7-8;1-4(2)5(6)7-3;1-4(2)3-5;1-3-4(5)6-2;1-2-3-4/h2-11H,1,12-13H2;2-11H,1H2;3-7H,1,8H2,2H3;2*2-5H,1H2;2-6H,1H2;2-7H,1H2;1H2,2-3H3;1H2,2H3;3H,1H2,2H3;2H,1H2. The molecule has 0 aliphatic rings. The Morgan fingerprint density at radius 3 is 1.21 bits per heavy atom. The first kappa shape index (κ1) is 98.8. The fraction of sp³-hybridized carbons (Fsp3) is 0.0879. The van der Waals surface area contributed by atoms with Crippen molar-refractivity contribution in [2.24, 2.45) is 0 Å². The summed E-state index contributed by atoms with van der Waals surface area (Å²) < 4.78 is 29.1. The normalized spacial score (nSPS) is 8.77. The van der Waals surface area contributed by atoms with Crippen molar-refractivity contribution in [1.82, 2.24) is 0 Å². The number of carbonyl (C=O) groups is 5. The lowest BCUT2D eigenvalue weighted by molar-refractivity contribution is -0.140. The molecular formula is C91H89Cl5N2O11. The molecule has 0 saturated carbocycles. The van der Waals surface area contributed by atoms with E-state index >= 15 is 0 Å². The third-order valence-corrected chi connectivity index (χ3v) is 13.8. The van der Waals surface area contributed by atoms with E-state index in [0.717, 1.165) is 73.5 Å². The van der Waals surface area contributed by atoms with Crippen LogP contribution in [0.15, 0.2) is 344 Å². The quantitative estimate of drug-likeness (QED) is 0.0197. The molecule has 18 heteroatoms. The lowest BCUT2D eigenvalue weighted by Crippen LogP contribution is -2.10. The number of ether oxygens (including phenoxy) is 6. The van der Waals surface area contributed by atoms with Crippen LogP contribution in [0.1, 0.15) is 48.6 Å². The Balaban J connectivity index is 0. The van der Waals surface area contributed by atoms with Gasteiger partial charge >= 0.3 is 29.8 Å². The molecule has 0 fully saturated rings. The van der Waals surface area contributed by atoms with Gasteiger partial charge in [-0.25, -0.2) is 24.0 Å². The molecule has 0 aliphatic carbocycles.